The molecule has 0 unspecified atom stereocenters. The Labute approximate surface area is 87.7 Å². The van der Waals surface area contributed by atoms with Gasteiger partial charge in [0.15, 0.2) is 5.78 Å². The number of carbonyl (C=O) groups excluding carboxylic acids is 1. The number of hydrogen-bond donors (Lipinski definition) is 0. The summed E-state index contributed by atoms with van der Waals surface area (Å²) in [7, 11) is 0. The molecule has 0 heterocycles. The summed E-state index contributed by atoms with van der Waals surface area (Å²) >= 11 is 0. The Bertz CT molecular complexity index is 613. The predicted octanol–water partition coefficient (Wildman–Crippen LogP) is 2.68. The number of rotatable bonds is 0. The van der Waals surface area contributed by atoms with E-state index < -0.39 is 0 Å². The molecule has 0 aromatic heterocycles. The van der Waals surface area contributed by atoms with E-state index in [9.17, 15) is 4.79 Å². The van der Waals surface area contributed by atoms with Crippen molar-refractivity contribution in [2.75, 3.05) is 0 Å². The van der Waals surface area contributed by atoms with E-state index in [1.807, 2.05) is 6.07 Å². The molecular weight excluding hydrogens is 184 g/mol. The van der Waals surface area contributed by atoms with Crippen LogP contribution in [0.4, 0.5) is 0 Å². The van der Waals surface area contributed by atoms with Crippen molar-refractivity contribution in [3.8, 4) is 0 Å². The lowest BCUT2D eigenvalue weighted by Crippen LogP contribution is -1.93. The Morgan fingerprint density at radius 3 is 2.27 bits per heavy atom. The Morgan fingerprint density at radius 2 is 1.47 bits per heavy atom. The van der Waals surface area contributed by atoms with Crippen molar-refractivity contribution < 1.29 is 4.79 Å². The van der Waals surface area contributed by atoms with Gasteiger partial charge in [0.25, 0.3) is 0 Å². The Balaban J connectivity index is 2.33. The quantitative estimate of drug-likeness (QED) is 0.630. The molecule has 0 spiro atoms. The van der Waals surface area contributed by atoms with E-state index in [2.05, 4.69) is 18.2 Å². The summed E-state index contributed by atoms with van der Waals surface area (Å²) in [5.74, 6) is 0.292. The second-order valence-electron chi connectivity index (χ2n) is 4.51. The zero-order valence-corrected chi connectivity index (χ0v) is 8.34. The molecule has 0 saturated heterocycles. The fourth-order valence-corrected chi connectivity index (χ4v) is 3.05. The average Bonchev–Trinajstić information content (AvgIpc) is 2.78. The maximum absolute atomic E-state index is 11.8. The van der Waals surface area contributed by atoms with Gasteiger partial charge in [-0.3, -0.25) is 4.79 Å². The molecule has 0 amide bonds. The Hall–Kier alpha value is -1.63. The highest BCUT2D eigenvalue weighted by atomic mass is 16.1. The minimum Gasteiger partial charge on any atom is -0.294 e. The normalized spacial score (nSPS) is 16.7. The molecule has 1 heteroatoms. The Kier molecular flexibility index (Phi) is 1.17. The molecule has 72 valence electrons. The fraction of sp³-hybridized carbons (Fsp3) is 0.214. The van der Waals surface area contributed by atoms with Crippen molar-refractivity contribution in [3.05, 3.63) is 46.5 Å². The fourth-order valence-electron chi connectivity index (χ4n) is 3.05. The molecule has 2 aliphatic rings. The highest BCUT2D eigenvalue weighted by molar-refractivity contribution is 6.17. The topological polar surface area (TPSA) is 17.1 Å². The molecule has 0 N–H and O–H groups in total. The van der Waals surface area contributed by atoms with Crippen LogP contribution in [0.1, 0.15) is 27.0 Å². The minimum atomic E-state index is 0.292. The molecule has 0 atom stereocenters. The van der Waals surface area contributed by atoms with Gasteiger partial charge in [0, 0.05) is 12.0 Å². The van der Waals surface area contributed by atoms with Crippen molar-refractivity contribution in [3.63, 3.8) is 0 Å². The van der Waals surface area contributed by atoms with E-state index in [1.165, 1.54) is 27.5 Å². The van der Waals surface area contributed by atoms with Crippen molar-refractivity contribution in [2.24, 2.45) is 0 Å². The molecule has 0 fully saturated rings. The number of aryl methyl sites for hydroxylation is 2. The molecule has 1 nitrogen and oxygen atoms in total. The van der Waals surface area contributed by atoms with Crippen LogP contribution in [0.5, 0.6) is 0 Å². The SMILES string of the molecule is O=C1Cc2ccc3c4c(ccc1c24)CC3. The van der Waals surface area contributed by atoms with Crippen LogP contribution >= 0.6 is 0 Å². The summed E-state index contributed by atoms with van der Waals surface area (Å²) < 4.78 is 0. The van der Waals surface area contributed by atoms with Crippen molar-refractivity contribution in [1.82, 2.24) is 0 Å². The third kappa shape index (κ3) is 0.777. The van der Waals surface area contributed by atoms with Gasteiger partial charge in [-0.05, 0) is 40.3 Å². The minimum absolute atomic E-state index is 0.292. The van der Waals surface area contributed by atoms with E-state index in [0.29, 0.717) is 12.2 Å². The first-order chi connectivity index (χ1) is 7.34. The summed E-state index contributed by atoms with van der Waals surface area (Å²) in [6, 6.07) is 8.50. The van der Waals surface area contributed by atoms with E-state index >= 15 is 0 Å². The Morgan fingerprint density at radius 1 is 0.800 bits per heavy atom. The third-order valence-corrected chi connectivity index (χ3v) is 3.73. The number of Topliss-reactive ketones (excluding diaryl/α,β-unsaturated/α-hetero) is 1. The molecule has 4 rings (SSSR count). The van der Waals surface area contributed by atoms with E-state index in [4.69, 9.17) is 0 Å². The van der Waals surface area contributed by atoms with E-state index in [-0.39, 0.29) is 0 Å². The highest BCUT2D eigenvalue weighted by Crippen LogP contribution is 2.38. The molecular formula is C14H10O. The maximum atomic E-state index is 11.8. The molecule has 0 radical (unpaired) electrons. The summed E-state index contributed by atoms with van der Waals surface area (Å²) in [4.78, 5) is 11.8. The van der Waals surface area contributed by atoms with Crippen LogP contribution in [-0.2, 0) is 19.3 Å². The smallest absolute Gasteiger partial charge is 0.167 e. The first-order valence-corrected chi connectivity index (χ1v) is 5.44. The first kappa shape index (κ1) is 7.63. The molecule has 15 heavy (non-hydrogen) atoms. The molecule has 0 bridgehead atoms. The third-order valence-electron chi connectivity index (χ3n) is 3.73. The highest BCUT2D eigenvalue weighted by Gasteiger charge is 2.26. The monoisotopic (exact) mass is 194 g/mol. The van der Waals surface area contributed by atoms with Gasteiger partial charge in [-0.1, -0.05) is 24.3 Å². The van der Waals surface area contributed by atoms with Crippen LogP contribution in [0.2, 0.25) is 0 Å². The summed E-state index contributed by atoms with van der Waals surface area (Å²) in [5, 5.41) is 2.64. The molecule has 0 saturated carbocycles. The lowest BCUT2D eigenvalue weighted by molar-refractivity contribution is 0.1000. The number of hydrogen-bond acceptors (Lipinski definition) is 1. The van der Waals surface area contributed by atoms with Gasteiger partial charge in [-0.25, -0.2) is 0 Å². The second kappa shape index (κ2) is 2.30. The van der Waals surface area contributed by atoms with Crippen LogP contribution in [0, 0.1) is 0 Å². The maximum Gasteiger partial charge on any atom is 0.167 e. The van der Waals surface area contributed by atoms with Crippen LogP contribution in [-0.4, -0.2) is 5.78 Å². The lowest BCUT2D eigenvalue weighted by Gasteiger charge is -2.03. The van der Waals surface area contributed by atoms with Crippen molar-refractivity contribution in [1.29, 1.82) is 0 Å². The molecule has 2 aliphatic carbocycles. The second-order valence-corrected chi connectivity index (χ2v) is 4.51. The van der Waals surface area contributed by atoms with Crippen LogP contribution < -0.4 is 0 Å². The van der Waals surface area contributed by atoms with Crippen molar-refractivity contribution >= 4 is 16.6 Å². The van der Waals surface area contributed by atoms with Gasteiger partial charge in [0.05, 0.1) is 0 Å². The van der Waals surface area contributed by atoms with Crippen LogP contribution in [0.3, 0.4) is 0 Å². The van der Waals surface area contributed by atoms with Gasteiger partial charge < -0.3 is 0 Å². The number of ketones is 1. The van der Waals surface area contributed by atoms with Crippen molar-refractivity contribution in [2.45, 2.75) is 19.3 Å². The van der Waals surface area contributed by atoms with Gasteiger partial charge in [0.2, 0.25) is 0 Å². The summed E-state index contributed by atoms with van der Waals surface area (Å²) in [6.07, 6.45) is 2.89. The van der Waals surface area contributed by atoms with E-state index in [0.717, 1.165) is 18.4 Å². The first-order valence-electron chi connectivity index (χ1n) is 5.44. The summed E-state index contributed by atoms with van der Waals surface area (Å²) in [6.45, 7) is 0. The van der Waals surface area contributed by atoms with Gasteiger partial charge in [0.1, 0.15) is 0 Å². The van der Waals surface area contributed by atoms with Gasteiger partial charge in [-0.2, -0.15) is 0 Å². The molecule has 0 aliphatic heterocycles. The zero-order valence-electron chi connectivity index (χ0n) is 8.34. The van der Waals surface area contributed by atoms with E-state index in [1.54, 1.807) is 0 Å². The van der Waals surface area contributed by atoms with Crippen LogP contribution in [0.25, 0.3) is 10.8 Å². The van der Waals surface area contributed by atoms with Gasteiger partial charge in [-0.15, -0.1) is 0 Å². The average molecular weight is 194 g/mol. The molecule has 2 aromatic carbocycles. The molecule has 2 aromatic rings. The standard InChI is InChI=1S/C14H10O/c15-12-7-10-4-3-8-1-2-9-5-6-11(12)14(10)13(8)9/h3-6H,1-2,7H2. The zero-order chi connectivity index (χ0) is 9.99. The number of carbonyl (C=O) groups is 1. The number of benzene rings is 2. The van der Waals surface area contributed by atoms with Crippen LogP contribution in [0.15, 0.2) is 24.3 Å². The lowest BCUT2D eigenvalue weighted by atomic mass is 10.0. The van der Waals surface area contributed by atoms with Gasteiger partial charge >= 0.3 is 0 Å². The largest absolute Gasteiger partial charge is 0.294 e. The summed E-state index contributed by atoms with van der Waals surface area (Å²) in [5.41, 5.74) is 5.05. The predicted molar refractivity (Wildman–Crippen MR) is 59.4 cm³/mol.